The van der Waals surface area contributed by atoms with Gasteiger partial charge in [-0.2, -0.15) is 0 Å². The summed E-state index contributed by atoms with van der Waals surface area (Å²) >= 11 is 0. The van der Waals surface area contributed by atoms with Crippen LogP contribution in [0, 0.1) is 5.82 Å². The fourth-order valence-electron chi connectivity index (χ4n) is 1.65. The number of halogens is 1. The summed E-state index contributed by atoms with van der Waals surface area (Å²) in [6.45, 7) is 0. The highest BCUT2D eigenvalue weighted by Gasteiger charge is 2.09. The van der Waals surface area contributed by atoms with E-state index in [9.17, 15) is 14.0 Å². The van der Waals surface area contributed by atoms with Gasteiger partial charge in [0.05, 0.1) is 12.7 Å². The number of carbonyl (C=O) groups is 2. The van der Waals surface area contributed by atoms with Gasteiger partial charge in [0.2, 0.25) is 0 Å². The molecule has 0 atom stereocenters. The largest absolute Gasteiger partial charge is 0.465 e. The van der Waals surface area contributed by atoms with Gasteiger partial charge < -0.3 is 10.1 Å². The zero-order valence-electron chi connectivity index (χ0n) is 10.7. The Kier molecular flexibility index (Phi) is 4.10. The maximum atomic E-state index is 12.8. The minimum atomic E-state index is -0.483. The minimum Gasteiger partial charge on any atom is -0.465 e. The third-order valence-corrected chi connectivity index (χ3v) is 2.65. The Morgan fingerprint density at radius 3 is 2.40 bits per heavy atom. The first-order valence-corrected chi connectivity index (χ1v) is 5.85. The highest BCUT2D eigenvalue weighted by atomic mass is 19.1. The van der Waals surface area contributed by atoms with Crippen molar-refractivity contribution in [1.29, 1.82) is 0 Å². The van der Waals surface area contributed by atoms with E-state index in [1.165, 1.54) is 37.4 Å². The first kappa shape index (κ1) is 13.7. The molecule has 20 heavy (non-hydrogen) atoms. The van der Waals surface area contributed by atoms with Gasteiger partial charge in [-0.1, -0.05) is 6.07 Å². The van der Waals surface area contributed by atoms with Crippen molar-refractivity contribution in [2.75, 3.05) is 12.4 Å². The molecule has 0 spiro atoms. The molecule has 0 fully saturated rings. The van der Waals surface area contributed by atoms with Gasteiger partial charge in [0.1, 0.15) is 5.82 Å². The Morgan fingerprint density at radius 1 is 1.05 bits per heavy atom. The highest BCUT2D eigenvalue weighted by Crippen LogP contribution is 2.13. The molecule has 0 bridgehead atoms. The van der Waals surface area contributed by atoms with Gasteiger partial charge in [-0.3, -0.25) is 4.79 Å². The summed E-state index contributed by atoms with van der Waals surface area (Å²) in [7, 11) is 1.28. The van der Waals surface area contributed by atoms with Crippen LogP contribution in [0.25, 0.3) is 0 Å². The molecule has 0 saturated carbocycles. The van der Waals surface area contributed by atoms with E-state index in [0.29, 0.717) is 16.8 Å². The average Bonchev–Trinajstić information content (AvgIpc) is 2.47. The van der Waals surface area contributed by atoms with Crippen molar-refractivity contribution < 1.29 is 18.7 Å². The van der Waals surface area contributed by atoms with Gasteiger partial charge in [0.15, 0.2) is 0 Å². The monoisotopic (exact) mass is 273 g/mol. The Morgan fingerprint density at radius 2 is 1.75 bits per heavy atom. The quantitative estimate of drug-likeness (QED) is 0.875. The van der Waals surface area contributed by atoms with Crippen LogP contribution < -0.4 is 5.32 Å². The molecule has 0 radical (unpaired) electrons. The van der Waals surface area contributed by atoms with Crippen LogP contribution in [0.4, 0.5) is 10.1 Å². The molecule has 1 amide bonds. The van der Waals surface area contributed by atoms with Crippen molar-refractivity contribution in [3.8, 4) is 0 Å². The number of nitrogens with one attached hydrogen (secondary N) is 1. The van der Waals surface area contributed by atoms with Crippen molar-refractivity contribution in [2.24, 2.45) is 0 Å². The molecule has 0 unspecified atom stereocenters. The van der Waals surface area contributed by atoms with Gasteiger partial charge in [0, 0.05) is 11.3 Å². The second-order valence-corrected chi connectivity index (χ2v) is 4.03. The summed E-state index contributed by atoms with van der Waals surface area (Å²) in [4.78, 5) is 23.3. The van der Waals surface area contributed by atoms with E-state index in [1.807, 2.05) is 0 Å². The van der Waals surface area contributed by atoms with Gasteiger partial charge in [0.25, 0.3) is 5.91 Å². The third kappa shape index (κ3) is 3.20. The maximum Gasteiger partial charge on any atom is 0.337 e. The molecule has 102 valence electrons. The number of methoxy groups -OCH3 is 1. The molecular weight excluding hydrogens is 261 g/mol. The molecule has 0 heterocycles. The smallest absolute Gasteiger partial charge is 0.337 e. The number of benzene rings is 2. The second-order valence-electron chi connectivity index (χ2n) is 4.03. The maximum absolute atomic E-state index is 12.8. The van der Waals surface area contributed by atoms with Gasteiger partial charge >= 0.3 is 5.97 Å². The summed E-state index contributed by atoms with van der Waals surface area (Å²) in [5.41, 5.74) is 1.13. The molecular formula is C15H12FNO3. The van der Waals surface area contributed by atoms with E-state index >= 15 is 0 Å². The van der Waals surface area contributed by atoms with E-state index < -0.39 is 11.8 Å². The van der Waals surface area contributed by atoms with Crippen LogP contribution in [0.5, 0.6) is 0 Å². The van der Waals surface area contributed by atoms with Crippen LogP contribution in [0.2, 0.25) is 0 Å². The zero-order chi connectivity index (χ0) is 14.5. The zero-order valence-corrected chi connectivity index (χ0v) is 10.7. The number of carbonyl (C=O) groups excluding carboxylic acids is 2. The van der Waals surface area contributed by atoms with Crippen molar-refractivity contribution >= 4 is 17.6 Å². The number of hydrogen-bond acceptors (Lipinski definition) is 3. The minimum absolute atomic E-state index is 0.329. The van der Waals surface area contributed by atoms with Gasteiger partial charge in [-0.15, -0.1) is 0 Å². The number of amides is 1. The molecule has 2 aromatic rings. The predicted molar refractivity (Wildman–Crippen MR) is 72.1 cm³/mol. The van der Waals surface area contributed by atoms with Crippen LogP contribution in [0.15, 0.2) is 48.5 Å². The predicted octanol–water partition coefficient (Wildman–Crippen LogP) is 2.86. The molecule has 0 aliphatic rings. The lowest BCUT2D eigenvalue weighted by Gasteiger charge is -2.06. The van der Waals surface area contributed by atoms with Crippen LogP contribution in [-0.4, -0.2) is 19.0 Å². The Labute approximate surface area is 115 Å². The molecule has 1 N–H and O–H groups in total. The van der Waals surface area contributed by atoms with E-state index in [4.69, 9.17) is 0 Å². The van der Waals surface area contributed by atoms with Crippen molar-refractivity contribution in [3.05, 3.63) is 65.5 Å². The van der Waals surface area contributed by atoms with E-state index in [2.05, 4.69) is 10.1 Å². The fourth-order valence-corrected chi connectivity index (χ4v) is 1.65. The van der Waals surface area contributed by atoms with Gasteiger partial charge in [-0.05, 0) is 42.5 Å². The van der Waals surface area contributed by atoms with Crippen LogP contribution in [0.3, 0.4) is 0 Å². The van der Waals surface area contributed by atoms with Gasteiger partial charge in [-0.25, -0.2) is 9.18 Å². The molecule has 2 aromatic carbocycles. The normalized spacial score (nSPS) is 9.90. The highest BCUT2D eigenvalue weighted by molar-refractivity contribution is 6.04. The molecule has 2 rings (SSSR count). The van der Waals surface area contributed by atoms with E-state index in [0.717, 1.165) is 0 Å². The standard InChI is InChI=1S/C15H12FNO3/c1-20-15(19)11-3-2-4-13(9-11)17-14(18)10-5-7-12(16)8-6-10/h2-9H,1H3,(H,17,18). The van der Waals surface area contributed by atoms with E-state index in [1.54, 1.807) is 18.2 Å². The number of esters is 1. The van der Waals surface area contributed by atoms with Crippen LogP contribution in [-0.2, 0) is 4.74 Å². The Bertz CT molecular complexity index is 638. The molecule has 0 aliphatic carbocycles. The molecule has 4 nitrogen and oxygen atoms in total. The summed E-state index contributed by atoms with van der Waals surface area (Å²) < 4.78 is 17.4. The topological polar surface area (TPSA) is 55.4 Å². The summed E-state index contributed by atoms with van der Waals surface area (Å²) in [6.07, 6.45) is 0. The van der Waals surface area contributed by atoms with Crippen molar-refractivity contribution in [2.45, 2.75) is 0 Å². The number of anilines is 1. The first-order valence-electron chi connectivity index (χ1n) is 5.85. The average molecular weight is 273 g/mol. The molecule has 0 saturated heterocycles. The molecule has 0 aliphatic heterocycles. The number of rotatable bonds is 3. The first-order chi connectivity index (χ1) is 9.60. The van der Waals surface area contributed by atoms with Crippen LogP contribution >= 0.6 is 0 Å². The second kappa shape index (κ2) is 5.97. The molecule has 5 heteroatoms. The number of ether oxygens (including phenoxy) is 1. The lowest BCUT2D eigenvalue weighted by Crippen LogP contribution is -2.12. The molecule has 0 aromatic heterocycles. The lowest BCUT2D eigenvalue weighted by molar-refractivity contribution is 0.0600. The summed E-state index contributed by atoms with van der Waals surface area (Å²) in [6, 6.07) is 11.6. The van der Waals surface area contributed by atoms with Crippen molar-refractivity contribution in [3.63, 3.8) is 0 Å². The fraction of sp³-hybridized carbons (Fsp3) is 0.0667. The van der Waals surface area contributed by atoms with Crippen molar-refractivity contribution in [1.82, 2.24) is 0 Å². The Hall–Kier alpha value is -2.69. The van der Waals surface area contributed by atoms with Crippen LogP contribution in [0.1, 0.15) is 20.7 Å². The SMILES string of the molecule is COC(=O)c1cccc(NC(=O)c2ccc(F)cc2)c1. The Balaban J connectivity index is 2.15. The number of hydrogen-bond donors (Lipinski definition) is 1. The summed E-state index contributed by atoms with van der Waals surface area (Å²) in [5, 5.41) is 2.63. The van der Waals surface area contributed by atoms with E-state index in [-0.39, 0.29) is 5.91 Å². The third-order valence-electron chi connectivity index (χ3n) is 2.65. The lowest BCUT2D eigenvalue weighted by atomic mass is 10.1. The summed E-state index contributed by atoms with van der Waals surface area (Å²) in [5.74, 6) is -1.27.